The maximum absolute atomic E-state index is 4.74. The average Bonchev–Trinajstić information content (AvgIpc) is 2.96. The zero-order valence-corrected chi connectivity index (χ0v) is 10.9. The Morgan fingerprint density at radius 1 is 1.25 bits per heavy atom. The minimum absolute atomic E-state index is 0.0779. The molecule has 3 heteroatoms. The molecule has 1 fully saturated rings. The molecule has 1 aliphatic carbocycles. The molecule has 16 heavy (non-hydrogen) atoms. The van der Waals surface area contributed by atoms with Crippen molar-refractivity contribution in [1.29, 1.82) is 0 Å². The van der Waals surface area contributed by atoms with E-state index >= 15 is 0 Å². The van der Waals surface area contributed by atoms with Crippen molar-refractivity contribution in [3.63, 3.8) is 0 Å². The van der Waals surface area contributed by atoms with Crippen LogP contribution in [0.5, 0.6) is 0 Å². The van der Waals surface area contributed by atoms with Crippen molar-refractivity contribution in [3.05, 3.63) is 17.6 Å². The fraction of sp³-hybridized carbons (Fsp3) is 0.692. The summed E-state index contributed by atoms with van der Waals surface area (Å²) in [6.07, 6.45) is 2.42. The lowest BCUT2D eigenvalue weighted by Gasteiger charge is -2.20. The molecule has 1 N–H and O–H groups in total. The van der Waals surface area contributed by atoms with Crippen LogP contribution in [-0.2, 0) is 10.8 Å². The second kappa shape index (κ2) is 3.44. The predicted octanol–water partition coefficient (Wildman–Crippen LogP) is 2.87. The minimum Gasteiger partial charge on any atom is -0.373 e. The molecular weight excluding hydrogens is 198 g/mol. The summed E-state index contributed by atoms with van der Waals surface area (Å²) >= 11 is 0. The second-order valence-corrected chi connectivity index (χ2v) is 6.02. The van der Waals surface area contributed by atoms with Gasteiger partial charge in [0.2, 0.25) is 0 Å². The molecule has 0 radical (unpaired) electrons. The Balaban J connectivity index is 2.47. The molecule has 2 rings (SSSR count). The minimum atomic E-state index is 0.0779. The van der Waals surface area contributed by atoms with E-state index in [1.807, 2.05) is 7.05 Å². The molecule has 0 saturated heterocycles. The van der Waals surface area contributed by atoms with Gasteiger partial charge >= 0.3 is 0 Å². The first-order valence-electron chi connectivity index (χ1n) is 5.93. The lowest BCUT2D eigenvalue weighted by Crippen LogP contribution is -2.18. The molecule has 1 aliphatic rings. The Bertz CT molecular complexity index is 377. The summed E-state index contributed by atoms with van der Waals surface area (Å²) in [6.45, 7) is 8.81. The van der Waals surface area contributed by atoms with Crippen LogP contribution in [0.3, 0.4) is 0 Å². The normalized spacial score (nSPS) is 18.3. The van der Waals surface area contributed by atoms with E-state index in [2.05, 4.69) is 44.1 Å². The summed E-state index contributed by atoms with van der Waals surface area (Å²) < 4.78 is 0. The number of anilines is 1. The van der Waals surface area contributed by atoms with Gasteiger partial charge in [-0.1, -0.05) is 27.7 Å². The van der Waals surface area contributed by atoms with Crippen molar-refractivity contribution >= 4 is 5.82 Å². The van der Waals surface area contributed by atoms with Gasteiger partial charge in [0.05, 0.1) is 5.69 Å². The topological polar surface area (TPSA) is 37.8 Å². The highest BCUT2D eigenvalue weighted by Crippen LogP contribution is 2.46. The standard InChI is InChI=1S/C13H21N3/c1-12(2,3)9-8-10(14-5)16-11(15-9)13(4)6-7-13/h8H,6-7H2,1-5H3,(H,14,15,16). The van der Waals surface area contributed by atoms with Crippen LogP contribution in [0.25, 0.3) is 0 Å². The summed E-state index contributed by atoms with van der Waals surface area (Å²) in [5.74, 6) is 1.94. The van der Waals surface area contributed by atoms with Gasteiger partial charge in [-0.05, 0) is 12.8 Å². The molecule has 1 aromatic rings. The van der Waals surface area contributed by atoms with Crippen molar-refractivity contribution in [2.75, 3.05) is 12.4 Å². The van der Waals surface area contributed by atoms with Crippen molar-refractivity contribution in [2.24, 2.45) is 0 Å². The summed E-state index contributed by atoms with van der Waals surface area (Å²) in [6, 6.07) is 2.05. The van der Waals surface area contributed by atoms with Crippen molar-refractivity contribution in [1.82, 2.24) is 9.97 Å². The van der Waals surface area contributed by atoms with E-state index in [-0.39, 0.29) is 10.8 Å². The largest absolute Gasteiger partial charge is 0.373 e. The maximum atomic E-state index is 4.74. The highest BCUT2D eigenvalue weighted by molar-refractivity contribution is 5.39. The number of aromatic nitrogens is 2. The monoisotopic (exact) mass is 219 g/mol. The zero-order valence-electron chi connectivity index (χ0n) is 10.9. The molecular formula is C13H21N3. The zero-order chi connectivity index (χ0) is 12.0. The quantitative estimate of drug-likeness (QED) is 0.831. The smallest absolute Gasteiger partial charge is 0.136 e. The van der Waals surface area contributed by atoms with Crippen LogP contribution in [0.1, 0.15) is 52.1 Å². The van der Waals surface area contributed by atoms with Gasteiger partial charge in [0.15, 0.2) is 0 Å². The lowest BCUT2D eigenvalue weighted by atomic mass is 9.91. The Labute approximate surface area is 97.7 Å². The third-order valence-electron chi connectivity index (χ3n) is 3.29. The number of nitrogens with one attached hydrogen (secondary N) is 1. The molecule has 0 aliphatic heterocycles. The molecule has 0 unspecified atom stereocenters. The summed E-state index contributed by atoms with van der Waals surface area (Å²) in [5.41, 5.74) is 1.43. The Morgan fingerprint density at radius 2 is 1.88 bits per heavy atom. The fourth-order valence-corrected chi connectivity index (χ4v) is 1.64. The first-order valence-corrected chi connectivity index (χ1v) is 5.93. The SMILES string of the molecule is CNc1cc(C(C)(C)C)nc(C2(C)CC2)n1. The summed E-state index contributed by atoms with van der Waals surface area (Å²) in [4.78, 5) is 9.31. The summed E-state index contributed by atoms with van der Waals surface area (Å²) in [7, 11) is 1.91. The van der Waals surface area contributed by atoms with E-state index in [0.29, 0.717) is 0 Å². The highest BCUT2D eigenvalue weighted by atomic mass is 15.0. The molecule has 0 atom stereocenters. The van der Waals surface area contributed by atoms with Crippen molar-refractivity contribution in [2.45, 2.75) is 51.4 Å². The Morgan fingerprint density at radius 3 is 2.31 bits per heavy atom. The first-order chi connectivity index (χ1) is 7.35. The van der Waals surface area contributed by atoms with Gasteiger partial charge in [-0.15, -0.1) is 0 Å². The van der Waals surface area contributed by atoms with Gasteiger partial charge in [0.25, 0.3) is 0 Å². The van der Waals surface area contributed by atoms with Crippen LogP contribution < -0.4 is 5.32 Å². The van der Waals surface area contributed by atoms with Crippen LogP contribution in [0, 0.1) is 0 Å². The fourth-order valence-electron chi connectivity index (χ4n) is 1.64. The van der Waals surface area contributed by atoms with Gasteiger partial charge in [-0.2, -0.15) is 0 Å². The van der Waals surface area contributed by atoms with E-state index in [1.54, 1.807) is 0 Å². The molecule has 88 valence electrons. The van der Waals surface area contributed by atoms with Crippen LogP contribution in [0.15, 0.2) is 6.07 Å². The average molecular weight is 219 g/mol. The van der Waals surface area contributed by atoms with Gasteiger partial charge < -0.3 is 5.32 Å². The van der Waals surface area contributed by atoms with Crippen LogP contribution in [-0.4, -0.2) is 17.0 Å². The maximum Gasteiger partial charge on any atom is 0.136 e. The van der Waals surface area contributed by atoms with Gasteiger partial charge in [-0.25, -0.2) is 9.97 Å². The van der Waals surface area contributed by atoms with E-state index in [9.17, 15) is 0 Å². The molecule has 0 spiro atoms. The highest BCUT2D eigenvalue weighted by Gasteiger charge is 2.42. The summed E-state index contributed by atoms with van der Waals surface area (Å²) in [5, 5.41) is 3.13. The van der Waals surface area contributed by atoms with Gasteiger partial charge in [-0.3, -0.25) is 0 Å². The number of hydrogen-bond donors (Lipinski definition) is 1. The van der Waals surface area contributed by atoms with Crippen LogP contribution in [0.2, 0.25) is 0 Å². The number of rotatable bonds is 2. The van der Waals surface area contributed by atoms with E-state index in [0.717, 1.165) is 17.3 Å². The van der Waals surface area contributed by atoms with E-state index in [4.69, 9.17) is 4.98 Å². The second-order valence-electron chi connectivity index (χ2n) is 6.02. The first kappa shape index (κ1) is 11.4. The molecule has 0 amide bonds. The van der Waals surface area contributed by atoms with Crippen molar-refractivity contribution in [3.8, 4) is 0 Å². The molecule has 0 aromatic carbocycles. The van der Waals surface area contributed by atoms with Crippen LogP contribution >= 0.6 is 0 Å². The molecule has 0 bridgehead atoms. The van der Waals surface area contributed by atoms with Gasteiger partial charge in [0.1, 0.15) is 11.6 Å². The number of hydrogen-bond acceptors (Lipinski definition) is 3. The number of nitrogens with zero attached hydrogens (tertiary/aromatic N) is 2. The lowest BCUT2D eigenvalue weighted by molar-refractivity contribution is 0.554. The molecule has 1 heterocycles. The van der Waals surface area contributed by atoms with E-state index < -0.39 is 0 Å². The van der Waals surface area contributed by atoms with E-state index in [1.165, 1.54) is 12.8 Å². The Kier molecular flexibility index (Phi) is 2.44. The molecule has 1 aromatic heterocycles. The van der Waals surface area contributed by atoms with Crippen molar-refractivity contribution < 1.29 is 0 Å². The predicted molar refractivity (Wildman–Crippen MR) is 66.9 cm³/mol. The third kappa shape index (κ3) is 2.04. The molecule has 3 nitrogen and oxygen atoms in total. The Hall–Kier alpha value is -1.12. The third-order valence-corrected chi connectivity index (χ3v) is 3.29. The molecule has 1 saturated carbocycles. The van der Waals surface area contributed by atoms with Gasteiger partial charge in [0, 0.05) is 23.9 Å². The van der Waals surface area contributed by atoms with Crippen LogP contribution in [0.4, 0.5) is 5.82 Å².